The summed E-state index contributed by atoms with van der Waals surface area (Å²) in [6.45, 7) is 24.6. The molecular weight excluding hydrogens is 741 g/mol. The smallest absolute Gasteiger partial charge is 0.120 e. The first-order valence-electron chi connectivity index (χ1n) is 20.7. The Hall–Kier alpha value is -5.90. The molecule has 10 nitrogen and oxygen atoms in total. The molecule has 2 aliphatic carbocycles. The zero-order chi connectivity index (χ0) is 44.1. The van der Waals surface area contributed by atoms with Gasteiger partial charge in [0.05, 0.1) is 32.7 Å². The van der Waals surface area contributed by atoms with Crippen LogP contribution in [-0.4, -0.2) is 93.1 Å². The van der Waals surface area contributed by atoms with Crippen LogP contribution < -0.4 is 0 Å². The summed E-state index contributed by atoms with van der Waals surface area (Å²) in [6.07, 6.45) is 45.4. The van der Waals surface area contributed by atoms with Crippen LogP contribution >= 0.6 is 0 Å². The Labute approximate surface area is 362 Å². The van der Waals surface area contributed by atoms with Gasteiger partial charge in [-0.15, -0.1) is 0 Å². The normalized spacial score (nSPS) is 18.5. The van der Waals surface area contributed by atoms with Gasteiger partial charge in [0.25, 0.3) is 0 Å². The predicted octanol–water partition coefficient (Wildman–Crippen LogP) is 11.9. The van der Waals surface area contributed by atoms with Gasteiger partial charge in [0.15, 0.2) is 0 Å². The lowest BCUT2D eigenvalue weighted by Crippen LogP contribution is -1.87. The molecule has 0 aromatic carbocycles. The highest BCUT2D eigenvalue weighted by Gasteiger charge is 1.92. The fourth-order valence-corrected chi connectivity index (χ4v) is 4.58. The Bertz CT molecular complexity index is 1600. The second kappa shape index (κ2) is 35.1. The average molecular weight is 811 g/mol. The minimum Gasteiger partial charge on any atom is -0.289 e. The van der Waals surface area contributed by atoms with E-state index < -0.39 is 0 Å². The third-order valence-corrected chi connectivity index (χ3v) is 8.14. The van der Waals surface area contributed by atoms with E-state index in [1.54, 1.807) is 12.6 Å². The quantitative estimate of drug-likeness (QED) is 0.231. The van der Waals surface area contributed by atoms with Gasteiger partial charge in [-0.05, 0) is 105 Å². The number of hydrogen-bond donors (Lipinski definition) is 0. The number of rotatable bonds is 0. The maximum absolute atomic E-state index is 4.04. The van der Waals surface area contributed by atoms with Crippen LogP contribution in [-0.2, 0) is 0 Å². The number of hydrogen-bond acceptors (Lipinski definition) is 10. The molecule has 0 radical (unpaired) electrons. The summed E-state index contributed by atoms with van der Waals surface area (Å²) in [4.78, 5) is 39.2. The average Bonchev–Trinajstić information content (AvgIpc) is 4.06. The minimum absolute atomic E-state index is 0.784. The lowest BCUT2D eigenvalue weighted by molar-refractivity contribution is 1.18. The van der Waals surface area contributed by atoms with Gasteiger partial charge >= 0.3 is 0 Å². The van der Waals surface area contributed by atoms with Crippen molar-refractivity contribution in [1.82, 2.24) is 0 Å². The molecule has 10 rings (SSSR count). The third-order valence-electron chi connectivity index (χ3n) is 8.14. The topological polar surface area (TPSA) is 124 Å². The fourth-order valence-electron chi connectivity index (χ4n) is 4.58. The molecule has 8 aliphatic heterocycles. The highest BCUT2D eigenvalue weighted by molar-refractivity contribution is 5.95. The minimum atomic E-state index is 0.784. The summed E-state index contributed by atoms with van der Waals surface area (Å²) in [7, 11) is 0. The van der Waals surface area contributed by atoms with E-state index in [0.29, 0.717) is 0 Å². The van der Waals surface area contributed by atoms with Gasteiger partial charge < -0.3 is 0 Å². The Balaban J connectivity index is 0.000000333. The van der Waals surface area contributed by atoms with Gasteiger partial charge in [0.1, 0.15) is 12.2 Å². The molecule has 0 fully saturated rings. The molecule has 0 saturated carbocycles. The molecule has 320 valence electrons. The third kappa shape index (κ3) is 33.1. The molecule has 0 spiro atoms. The molecule has 0 aromatic heterocycles. The summed E-state index contributed by atoms with van der Waals surface area (Å²) >= 11 is 0. The maximum Gasteiger partial charge on any atom is 0.120 e. The summed E-state index contributed by atoms with van der Waals surface area (Å²) in [5.74, 6) is 0.898. The zero-order valence-electron chi connectivity index (χ0n) is 38.1. The van der Waals surface area contributed by atoms with Crippen LogP contribution in [0.15, 0.2) is 169 Å². The first kappa shape index (κ1) is 52.1. The van der Waals surface area contributed by atoms with Crippen molar-refractivity contribution < 1.29 is 0 Å². The Morgan fingerprint density at radius 2 is 1.37 bits per heavy atom. The van der Waals surface area contributed by atoms with Crippen molar-refractivity contribution in [1.29, 1.82) is 0 Å². The molecule has 10 heteroatoms. The van der Waals surface area contributed by atoms with Gasteiger partial charge in [-0.25, -0.2) is 9.98 Å². The SMILES string of the molecule is CC1=CC=CC1.CC1=CC=NC1.CC1=CCC=C1.CC1=CCC=N1.CC1=CCN=C1.CC1=CN=CC1.CC1=NC=CC1.CC1=NC=NC1.CC1=NCC=C1.CC1=NCC=N1. The van der Waals surface area contributed by atoms with Crippen molar-refractivity contribution in [2.24, 2.45) is 49.9 Å². The lowest BCUT2D eigenvalue weighted by Gasteiger charge is -1.78. The molecule has 0 bridgehead atoms. The molecule has 0 unspecified atom stereocenters. The van der Waals surface area contributed by atoms with E-state index in [9.17, 15) is 0 Å². The van der Waals surface area contributed by atoms with Crippen LogP contribution in [0.1, 0.15) is 101 Å². The van der Waals surface area contributed by atoms with Gasteiger partial charge in [0, 0.05) is 85.6 Å². The van der Waals surface area contributed by atoms with E-state index in [1.165, 1.54) is 40.0 Å². The highest BCUT2D eigenvalue weighted by atomic mass is 15.0. The Morgan fingerprint density at radius 3 is 1.53 bits per heavy atom. The first-order chi connectivity index (χ1) is 28.9. The van der Waals surface area contributed by atoms with E-state index in [2.05, 4.69) is 145 Å². The largest absolute Gasteiger partial charge is 0.289 e. The molecular formula is C50H70N10. The molecule has 0 amide bonds. The van der Waals surface area contributed by atoms with E-state index in [0.717, 1.165) is 81.4 Å². The summed E-state index contributed by atoms with van der Waals surface area (Å²) in [5, 5.41) is 0. The number of allylic oxidation sites excluding steroid dienone is 15. The van der Waals surface area contributed by atoms with Gasteiger partial charge in [-0.1, -0.05) is 77.5 Å². The Morgan fingerprint density at radius 1 is 0.533 bits per heavy atom. The van der Waals surface area contributed by atoms with Gasteiger partial charge in [-0.2, -0.15) is 0 Å². The molecule has 0 saturated heterocycles. The van der Waals surface area contributed by atoms with Gasteiger partial charge in [0.2, 0.25) is 0 Å². The van der Waals surface area contributed by atoms with Crippen molar-refractivity contribution in [2.45, 2.75) is 101 Å². The number of amidine groups is 1. The van der Waals surface area contributed by atoms with Crippen LogP contribution in [0, 0.1) is 0 Å². The number of nitrogens with zero attached hydrogens (tertiary/aromatic N) is 10. The molecule has 8 heterocycles. The van der Waals surface area contributed by atoms with E-state index in [4.69, 9.17) is 0 Å². The predicted molar refractivity (Wildman–Crippen MR) is 270 cm³/mol. The van der Waals surface area contributed by atoms with Gasteiger partial charge in [-0.3, -0.25) is 39.9 Å². The Kier molecular flexibility index (Phi) is 30.5. The standard InChI is InChI=1S/2C6H8.6C5H7N.2C4H6N2/c2*1-6-4-2-3-5-6;3*1-5-2-3-6-4-5;3*1-5-3-2-4-6-5;1-4-2-5-3-6-4;1-4-5-2-3-6-4/h2,4-5H,3H2,1H3;2-4H,5H2,1H3;3-4H,2H2,1H3;2,4H,3H2,1H3;2-3H,4H2,1H3;3-4H,2H2,1H3;2,4H,3H2,1H3;2-3H,4H2,1H3;3H,2H2,1H3;2H,3H2,1H3. The lowest BCUT2D eigenvalue weighted by atomic mass is 10.3. The van der Waals surface area contributed by atoms with Crippen LogP contribution in [0.3, 0.4) is 0 Å². The molecule has 60 heavy (non-hydrogen) atoms. The van der Waals surface area contributed by atoms with E-state index in [-0.39, 0.29) is 0 Å². The van der Waals surface area contributed by atoms with E-state index >= 15 is 0 Å². The van der Waals surface area contributed by atoms with Crippen molar-refractivity contribution in [2.75, 3.05) is 32.7 Å². The summed E-state index contributed by atoms with van der Waals surface area (Å²) in [6, 6.07) is 0. The van der Waals surface area contributed by atoms with Crippen molar-refractivity contribution in [3.8, 4) is 0 Å². The van der Waals surface area contributed by atoms with Crippen LogP contribution in [0.4, 0.5) is 0 Å². The zero-order valence-corrected chi connectivity index (χ0v) is 38.1. The van der Waals surface area contributed by atoms with Crippen LogP contribution in [0.2, 0.25) is 0 Å². The van der Waals surface area contributed by atoms with Crippen molar-refractivity contribution >= 4 is 60.4 Å². The first-order valence-corrected chi connectivity index (χ1v) is 20.7. The summed E-state index contributed by atoms with van der Waals surface area (Å²) < 4.78 is 0. The second-order valence-corrected chi connectivity index (χ2v) is 14.4. The van der Waals surface area contributed by atoms with Crippen LogP contribution in [0.25, 0.3) is 0 Å². The maximum atomic E-state index is 4.04. The van der Waals surface area contributed by atoms with Crippen molar-refractivity contribution in [3.05, 3.63) is 119 Å². The monoisotopic (exact) mass is 811 g/mol. The number of aliphatic imine (C=N–C) groups is 10. The van der Waals surface area contributed by atoms with E-state index in [1.807, 2.05) is 84.0 Å². The van der Waals surface area contributed by atoms with Crippen LogP contribution in [0.5, 0.6) is 0 Å². The van der Waals surface area contributed by atoms with Crippen molar-refractivity contribution in [3.63, 3.8) is 0 Å². The molecule has 0 atom stereocenters. The second-order valence-electron chi connectivity index (χ2n) is 14.4. The molecule has 10 aliphatic rings. The highest BCUT2D eigenvalue weighted by Crippen LogP contribution is 2.07. The molecule has 0 aromatic rings. The summed E-state index contributed by atoms with van der Waals surface area (Å²) in [5.41, 5.74) is 11.5. The molecule has 0 N–H and O–H groups in total. The fraction of sp³-hybridized carbons (Fsp3) is 0.400.